The van der Waals surface area contributed by atoms with E-state index < -0.39 is 5.91 Å². The molecule has 108 valence electrons. The van der Waals surface area contributed by atoms with Crippen LogP contribution < -0.4 is 11.1 Å². The number of allylic oxidation sites excluding steroid dienone is 3. The maximum atomic E-state index is 11.9. The third-order valence-electron chi connectivity index (χ3n) is 3.18. The number of carbonyl (C=O) groups is 2. The smallest absolute Gasteiger partial charge is 0.248 e. The Kier molecular flexibility index (Phi) is 4.23. The van der Waals surface area contributed by atoms with Crippen LogP contribution >= 0.6 is 0 Å². The number of rotatable bonds is 2. The molecule has 0 radical (unpaired) electrons. The standard InChI is InChI=1S/C16H17N3O2/c1-11-6-7-18-9-15(20)19(2)10-14(11)12-4-3-5-13(8-12)16(17)21/h3-8,10,18H,1,9H2,2H3,(H2,17,21)/b7-6-,14-10+. The molecule has 1 heterocycles. The van der Waals surface area contributed by atoms with Crippen molar-refractivity contribution in [3.63, 3.8) is 0 Å². The van der Waals surface area contributed by atoms with Crippen molar-refractivity contribution in [2.24, 2.45) is 5.73 Å². The first-order valence-electron chi connectivity index (χ1n) is 6.46. The second kappa shape index (κ2) is 6.09. The first-order valence-corrected chi connectivity index (χ1v) is 6.46. The average molecular weight is 283 g/mol. The van der Waals surface area contributed by atoms with Crippen molar-refractivity contribution >= 4 is 17.4 Å². The number of amides is 2. The molecule has 3 N–H and O–H groups in total. The van der Waals surface area contributed by atoms with Gasteiger partial charge in [-0.1, -0.05) is 18.7 Å². The van der Waals surface area contributed by atoms with Gasteiger partial charge in [-0.05, 0) is 35.5 Å². The average Bonchev–Trinajstić information content (AvgIpc) is 2.53. The summed E-state index contributed by atoms with van der Waals surface area (Å²) in [6.45, 7) is 4.21. The summed E-state index contributed by atoms with van der Waals surface area (Å²) in [6, 6.07) is 6.94. The lowest BCUT2D eigenvalue weighted by Gasteiger charge is -2.15. The molecule has 0 aromatic heterocycles. The highest BCUT2D eigenvalue weighted by atomic mass is 16.2. The van der Waals surface area contributed by atoms with Crippen LogP contribution in [0.5, 0.6) is 0 Å². The number of primary amides is 1. The van der Waals surface area contributed by atoms with Gasteiger partial charge in [0.25, 0.3) is 0 Å². The zero-order valence-electron chi connectivity index (χ0n) is 11.8. The minimum absolute atomic E-state index is 0.0714. The molecule has 5 nitrogen and oxygen atoms in total. The van der Waals surface area contributed by atoms with Crippen molar-refractivity contribution in [3.05, 3.63) is 66.0 Å². The van der Waals surface area contributed by atoms with Crippen molar-refractivity contribution in [3.8, 4) is 0 Å². The Labute approximate surface area is 123 Å². The molecular formula is C16H17N3O2. The topological polar surface area (TPSA) is 75.4 Å². The quantitative estimate of drug-likeness (QED) is 0.858. The Hall–Kier alpha value is -2.82. The Morgan fingerprint density at radius 1 is 1.43 bits per heavy atom. The van der Waals surface area contributed by atoms with Crippen LogP contribution in [0.25, 0.3) is 5.57 Å². The van der Waals surface area contributed by atoms with E-state index in [2.05, 4.69) is 11.9 Å². The predicted molar refractivity (Wildman–Crippen MR) is 82.0 cm³/mol. The van der Waals surface area contributed by atoms with Crippen LogP contribution in [0.15, 0.2) is 54.9 Å². The lowest BCUT2D eigenvalue weighted by atomic mass is 9.97. The Bertz CT molecular complexity index is 659. The summed E-state index contributed by atoms with van der Waals surface area (Å²) in [4.78, 5) is 24.7. The van der Waals surface area contributed by atoms with Crippen molar-refractivity contribution in [2.45, 2.75) is 0 Å². The van der Waals surface area contributed by atoms with Crippen molar-refractivity contribution in [2.75, 3.05) is 13.6 Å². The zero-order chi connectivity index (χ0) is 15.4. The molecule has 2 rings (SSSR count). The SMILES string of the molecule is C=C1/C=C\NCC(=O)N(C)/C=C\1c1cccc(C(N)=O)c1. The van der Waals surface area contributed by atoms with Gasteiger partial charge in [-0.3, -0.25) is 9.59 Å². The second-order valence-corrected chi connectivity index (χ2v) is 4.73. The molecule has 1 aromatic rings. The monoisotopic (exact) mass is 283 g/mol. The Balaban J connectivity index is 2.50. The van der Waals surface area contributed by atoms with Gasteiger partial charge in [0.2, 0.25) is 11.8 Å². The van der Waals surface area contributed by atoms with Crippen LogP contribution in [-0.4, -0.2) is 30.3 Å². The fourth-order valence-corrected chi connectivity index (χ4v) is 1.97. The van der Waals surface area contributed by atoms with Crippen molar-refractivity contribution < 1.29 is 9.59 Å². The Morgan fingerprint density at radius 2 is 2.19 bits per heavy atom. The number of hydrogen-bond donors (Lipinski definition) is 2. The number of benzene rings is 1. The van der Waals surface area contributed by atoms with Crippen LogP contribution in [0, 0.1) is 0 Å². The third-order valence-corrected chi connectivity index (χ3v) is 3.18. The van der Waals surface area contributed by atoms with Gasteiger partial charge in [0, 0.05) is 24.4 Å². The second-order valence-electron chi connectivity index (χ2n) is 4.73. The maximum absolute atomic E-state index is 11.9. The first kappa shape index (κ1) is 14.6. The normalized spacial score (nSPS) is 19.7. The molecule has 21 heavy (non-hydrogen) atoms. The van der Waals surface area contributed by atoms with Gasteiger partial charge in [-0.2, -0.15) is 0 Å². The van der Waals surface area contributed by atoms with Crippen LogP contribution in [0.2, 0.25) is 0 Å². The molecule has 1 aliphatic heterocycles. The molecule has 0 fully saturated rings. The van der Waals surface area contributed by atoms with Crippen LogP contribution in [0.3, 0.4) is 0 Å². The van der Waals surface area contributed by atoms with Gasteiger partial charge in [0.15, 0.2) is 0 Å². The fourth-order valence-electron chi connectivity index (χ4n) is 1.97. The van der Waals surface area contributed by atoms with Gasteiger partial charge >= 0.3 is 0 Å². The summed E-state index contributed by atoms with van der Waals surface area (Å²) in [5.41, 5.74) is 7.99. The molecule has 0 aliphatic carbocycles. The lowest BCUT2D eigenvalue weighted by molar-refractivity contribution is -0.126. The molecule has 0 bridgehead atoms. The lowest BCUT2D eigenvalue weighted by Crippen LogP contribution is -2.29. The molecule has 0 saturated carbocycles. The van der Waals surface area contributed by atoms with Gasteiger partial charge in [-0.15, -0.1) is 0 Å². The van der Waals surface area contributed by atoms with Crippen molar-refractivity contribution in [1.29, 1.82) is 0 Å². The zero-order valence-corrected chi connectivity index (χ0v) is 11.8. The minimum atomic E-state index is -0.493. The molecule has 1 aliphatic rings. The van der Waals surface area contributed by atoms with Crippen LogP contribution in [0.4, 0.5) is 0 Å². The van der Waals surface area contributed by atoms with E-state index in [0.717, 1.165) is 16.7 Å². The van der Waals surface area contributed by atoms with E-state index in [0.29, 0.717) is 5.56 Å². The first-order chi connectivity index (χ1) is 9.99. The van der Waals surface area contributed by atoms with Crippen LogP contribution in [-0.2, 0) is 4.79 Å². The number of nitrogens with zero attached hydrogens (tertiary/aromatic N) is 1. The summed E-state index contributed by atoms with van der Waals surface area (Å²) in [5, 5.41) is 2.90. The molecule has 0 unspecified atom stereocenters. The highest BCUT2D eigenvalue weighted by Gasteiger charge is 2.12. The number of nitrogens with two attached hydrogens (primary N) is 1. The van der Waals surface area contributed by atoms with Crippen molar-refractivity contribution in [1.82, 2.24) is 10.2 Å². The molecule has 0 spiro atoms. The van der Waals surface area contributed by atoms with E-state index in [9.17, 15) is 9.59 Å². The van der Waals surface area contributed by atoms with Gasteiger partial charge in [0.1, 0.15) is 0 Å². The van der Waals surface area contributed by atoms with E-state index in [4.69, 9.17) is 5.73 Å². The van der Waals surface area contributed by atoms with Crippen LogP contribution in [0.1, 0.15) is 15.9 Å². The summed E-state index contributed by atoms with van der Waals surface area (Å²) in [7, 11) is 1.68. The van der Waals surface area contributed by atoms with E-state index in [1.54, 1.807) is 43.7 Å². The molecule has 0 atom stereocenters. The summed E-state index contributed by atoms with van der Waals surface area (Å²) in [6.07, 6.45) is 5.18. The van der Waals surface area contributed by atoms with E-state index in [1.807, 2.05) is 6.07 Å². The summed E-state index contributed by atoms with van der Waals surface area (Å²) in [5.74, 6) is -0.564. The molecular weight excluding hydrogens is 266 g/mol. The van der Waals surface area contributed by atoms with Gasteiger partial charge in [-0.25, -0.2) is 0 Å². The molecule has 0 saturated heterocycles. The molecule has 1 aromatic carbocycles. The highest BCUT2D eigenvalue weighted by molar-refractivity contribution is 5.95. The largest absolute Gasteiger partial charge is 0.382 e. The summed E-state index contributed by atoms with van der Waals surface area (Å²) < 4.78 is 0. The van der Waals surface area contributed by atoms with Gasteiger partial charge in [0.05, 0.1) is 6.54 Å². The van der Waals surface area contributed by atoms with E-state index in [1.165, 1.54) is 4.90 Å². The number of carbonyl (C=O) groups excluding carboxylic acids is 2. The number of nitrogens with one attached hydrogen (secondary N) is 1. The predicted octanol–water partition coefficient (Wildman–Crippen LogP) is 1.26. The van der Waals surface area contributed by atoms with Gasteiger partial charge < -0.3 is 16.0 Å². The van der Waals surface area contributed by atoms with E-state index >= 15 is 0 Å². The highest BCUT2D eigenvalue weighted by Crippen LogP contribution is 2.24. The Morgan fingerprint density at radius 3 is 2.90 bits per heavy atom. The fraction of sp³-hybridized carbons (Fsp3) is 0.125. The number of hydrogen-bond acceptors (Lipinski definition) is 3. The third kappa shape index (κ3) is 3.39. The summed E-state index contributed by atoms with van der Waals surface area (Å²) >= 11 is 0. The molecule has 2 amide bonds. The molecule has 5 heteroatoms. The van der Waals surface area contributed by atoms with E-state index in [-0.39, 0.29) is 12.5 Å². The minimum Gasteiger partial charge on any atom is -0.382 e. The maximum Gasteiger partial charge on any atom is 0.248 e. The number of likely N-dealkylation sites (N-methyl/N-ethyl adjacent to an activating group) is 1.